The Labute approximate surface area is 125 Å². The maximum Gasteiger partial charge on any atom is 0.240 e. The molecule has 2 rings (SSSR count). The van der Waals surface area contributed by atoms with Gasteiger partial charge in [-0.2, -0.15) is 0 Å². The Bertz CT molecular complexity index is 496. The van der Waals surface area contributed by atoms with E-state index in [2.05, 4.69) is 11.4 Å². The molecule has 0 aliphatic carbocycles. The molecule has 1 heterocycles. The highest BCUT2D eigenvalue weighted by atomic mass is 16.5. The maximum atomic E-state index is 12.2. The lowest BCUT2D eigenvalue weighted by atomic mass is 9.90. The third kappa shape index (κ3) is 3.95. The fraction of sp³-hybridized carbons (Fsp3) is 0.562. The fourth-order valence-corrected chi connectivity index (χ4v) is 2.48. The number of carbonyl (C=O) groups is 1. The van der Waals surface area contributed by atoms with Gasteiger partial charge in [0.05, 0.1) is 12.6 Å². The molecule has 0 atom stereocenters. The van der Waals surface area contributed by atoms with Crippen LogP contribution in [0.2, 0.25) is 0 Å². The zero-order chi connectivity index (χ0) is 15.3. The van der Waals surface area contributed by atoms with Crippen molar-refractivity contribution in [3.05, 3.63) is 29.3 Å². The second kappa shape index (κ2) is 6.91. The summed E-state index contributed by atoms with van der Waals surface area (Å²) in [6.45, 7) is 3.69. The van der Waals surface area contributed by atoms with Gasteiger partial charge in [0, 0.05) is 19.8 Å². The highest BCUT2D eigenvalue weighted by Crippen LogP contribution is 2.20. The van der Waals surface area contributed by atoms with Crippen LogP contribution in [0.3, 0.4) is 0 Å². The van der Waals surface area contributed by atoms with Crippen LogP contribution in [0, 0.1) is 6.92 Å². The molecule has 1 amide bonds. The van der Waals surface area contributed by atoms with Gasteiger partial charge in [-0.25, -0.2) is 0 Å². The zero-order valence-electron chi connectivity index (χ0n) is 12.8. The van der Waals surface area contributed by atoms with Gasteiger partial charge >= 0.3 is 0 Å². The number of hydrogen-bond donors (Lipinski definition) is 2. The van der Waals surface area contributed by atoms with E-state index in [0.29, 0.717) is 32.6 Å². The second-order valence-electron chi connectivity index (χ2n) is 5.58. The number of aryl methyl sites for hydroxylation is 1. The van der Waals surface area contributed by atoms with Crippen molar-refractivity contribution < 1.29 is 14.3 Å². The highest BCUT2D eigenvalue weighted by Gasteiger charge is 2.35. The van der Waals surface area contributed by atoms with Crippen molar-refractivity contribution in [2.45, 2.75) is 31.7 Å². The van der Waals surface area contributed by atoms with Gasteiger partial charge < -0.3 is 20.5 Å². The van der Waals surface area contributed by atoms with Crippen LogP contribution in [-0.2, 0) is 16.0 Å². The summed E-state index contributed by atoms with van der Waals surface area (Å²) in [4.78, 5) is 12.2. The molecule has 1 saturated heterocycles. The molecule has 0 aromatic heterocycles. The molecule has 21 heavy (non-hydrogen) atoms. The molecule has 1 aliphatic rings. The molecular weight excluding hydrogens is 268 g/mol. The molecule has 1 aliphatic heterocycles. The third-order valence-corrected chi connectivity index (χ3v) is 4.01. The molecule has 5 nitrogen and oxygen atoms in total. The molecule has 1 fully saturated rings. The summed E-state index contributed by atoms with van der Waals surface area (Å²) in [7, 11) is 1.66. The lowest BCUT2D eigenvalue weighted by molar-refractivity contribution is -0.129. The zero-order valence-corrected chi connectivity index (χ0v) is 12.8. The van der Waals surface area contributed by atoms with Crippen molar-refractivity contribution in [2.24, 2.45) is 5.73 Å². The van der Waals surface area contributed by atoms with Gasteiger partial charge in [-0.3, -0.25) is 4.79 Å². The third-order valence-electron chi connectivity index (χ3n) is 4.01. The first kappa shape index (κ1) is 15.8. The van der Waals surface area contributed by atoms with E-state index < -0.39 is 5.54 Å². The van der Waals surface area contributed by atoms with Crippen LogP contribution < -0.4 is 15.8 Å². The minimum Gasteiger partial charge on any atom is -0.496 e. The summed E-state index contributed by atoms with van der Waals surface area (Å²) in [6, 6.07) is 6.09. The van der Waals surface area contributed by atoms with E-state index in [9.17, 15) is 4.79 Å². The van der Waals surface area contributed by atoms with Gasteiger partial charge in [0.15, 0.2) is 0 Å². The van der Waals surface area contributed by atoms with Crippen LogP contribution in [0.15, 0.2) is 18.2 Å². The van der Waals surface area contributed by atoms with Crippen LogP contribution >= 0.6 is 0 Å². The second-order valence-corrected chi connectivity index (χ2v) is 5.58. The first-order valence-corrected chi connectivity index (χ1v) is 7.33. The number of nitrogens with two attached hydrogens (primary N) is 1. The van der Waals surface area contributed by atoms with Crippen LogP contribution in [0.25, 0.3) is 0 Å². The Kier molecular flexibility index (Phi) is 5.20. The van der Waals surface area contributed by atoms with Crippen LogP contribution in [0.5, 0.6) is 5.75 Å². The quantitative estimate of drug-likeness (QED) is 0.854. The Morgan fingerprint density at radius 2 is 2.14 bits per heavy atom. The number of amides is 1. The Hall–Kier alpha value is -1.59. The normalized spacial score (nSPS) is 17.3. The van der Waals surface area contributed by atoms with Gasteiger partial charge in [0.25, 0.3) is 0 Å². The summed E-state index contributed by atoms with van der Waals surface area (Å²) in [5.41, 5.74) is 7.60. The molecule has 0 unspecified atom stereocenters. The number of hydrogen-bond acceptors (Lipinski definition) is 4. The molecule has 0 spiro atoms. The molecule has 3 N–H and O–H groups in total. The van der Waals surface area contributed by atoms with Crippen molar-refractivity contribution >= 4 is 5.91 Å². The fourth-order valence-electron chi connectivity index (χ4n) is 2.48. The molecule has 0 saturated carbocycles. The van der Waals surface area contributed by atoms with Gasteiger partial charge in [-0.15, -0.1) is 0 Å². The minimum absolute atomic E-state index is 0.0788. The summed E-state index contributed by atoms with van der Waals surface area (Å²) in [6.07, 6.45) is 1.92. The van der Waals surface area contributed by atoms with E-state index in [1.165, 1.54) is 0 Å². The number of nitrogens with one attached hydrogen (secondary N) is 1. The molecule has 5 heteroatoms. The molecule has 1 aromatic rings. The van der Waals surface area contributed by atoms with E-state index >= 15 is 0 Å². The Balaban J connectivity index is 1.85. The summed E-state index contributed by atoms with van der Waals surface area (Å²) < 4.78 is 10.6. The van der Waals surface area contributed by atoms with Crippen molar-refractivity contribution in [1.29, 1.82) is 0 Å². The summed E-state index contributed by atoms with van der Waals surface area (Å²) >= 11 is 0. The monoisotopic (exact) mass is 292 g/mol. The first-order chi connectivity index (χ1) is 10.0. The van der Waals surface area contributed by atoms with Crippen LogP contribution in [0.1, 0.15) is 24.0 Å². The van der Waals surface area contributed by atoms with Gasteiger partial charge in [0.1, 0.15) is 5.75 Å². The SMILES string of the molecule is COc1cc(CCNC(=O)C2(N)CCOCC2)ccc1C. The predicted molar refractivity (Wildman–Crippen MR) is 81.4 cm³/mol. The average molecular weight is 292 g/mol. The van der Waals surface area contributed by atoms with E-state index in [4.69, 9.17) is 15.2 Å². The molecule has 0 radical (unpaired) electrons. The van der Waals surface area contributed by atoms with Gasteiger partial charge in [0.2, 0.25) is 5.91 Å². The molecule has 0 bridgehead atoms. The number of ether oxygens (including phenoxy) is 2. The van der Waals surface area contributed by atoms with E-state index in [1.54, 1.807) is 7.11 Å². The molecule has 116 valence electrons. The largest absolute Gasteiger partial charge is 0.496 e. The number of benzene rings is 1. The van der Waals surface area contributed by atoms with Crippen LogP contribution in [-0.4, -0.2) is 38.3 Å². The highest BCUT2D eigenvalue weighted by molar-refractivity contribution is 5.86. The smallest absolute Gasteiger partial charge is 0.240 e. The topological polar surface area (TPSA) is 73.6 Å². The first-order valence-electron chi connectivity index (χ1n) is 7.33. The van der Waals surface area contributed by atoms with E-state index in [1.807, 2.05) is 19.1 Å². The maximum absolute atomic E-state index is 12.2. The Morgan fingerprint density at radius 1 is 1.43 bits per heavy atom. The number of carbonyl (C=O) groups excluding carboxylic acids is 1. The van der Waals surface area contributed by atoms with Crippen molar-refractivity contribution in [1.82, 2.24) is 5.32 Å². The van der Waals surface area contributed by atoms with Crippen molar-refractivity contribution in [2.75, 3.05) is 26.9 Å². The predicted octanol–water partition coefficient (Wildman–Crippen LogP) is 1.17. The Morgan fingerprint density at radius 3 is 2.81 bits per heavy atom. The number of methoxy groups -OCH3 is 1. The molecule has 1 aromatic carbocycles. The average Bonchev–Trinajstić information content (AvgIpc) is 2.49. The van der Waals surface area contributed by atoms with E-state index in [-0.39, 0.29) is 5.91 Å². The lowest BCUT2D eigenvalue weighted by Crippen LogP contribution is -2.57. The minimum atomic E-state index is -0.775. The van der Waals surface area contributed by atoms with Crippen molar-refractivity contribution in [3.63, 3.8) is 0 Å². The summed E-state index contributed by atoms with van der Waals surface area (Å²) in [5, 5.41) is 2.93. The lowest BCUT2D eigenvalue weighted by Gasteiger charge is -2.31. The molecular formula is C16H24N2O3. The van der Waals surface area contributed by atoms with E-state index in [0.717, 1.165) is 23.3 Å². The van der Waals surface area contributed by atoms with Crippen molar-refractivity contribution in [3.8, 4) is 5.75 Å². The summed E-state index contributed by atoms with van der Waals surface area (Å²) in [5.74, 6) is 0.795. The van der Waals surface area contributed by atoms with Gasteiger partial charge in [-0.05, 0) is 43.4 Å². The van der Waals surface area contributed by atoms with Crippen LogP contribution in [0.4, 0.5) is 0 Å². The standard InChI is InChI=1S/C16H24N2O3/c1-12-3-4-13(11-14(12)20-2)5-8-18-15(19)16(17)6-9-21-10-7-16/h3-4,11H,5-10,17H2,1-2H3,(H,18,19). The van der Waals surface area contributed by atoms with Gasteiger partial charge in [-0.1, -0.05) is 12.1 Å². The number of rotatable bonds is 5.